The lowest BCUT2D eigenvalue weighted by Gasteiger charge is -2.25. The summed E-state index contributed by atoms with van der Waals surface area (Å²) >= 11 is 6.02. The molecule has 1 N–H and O–H groups in total. The van der Waals surface area contributed by atoms with Gasteiger partial charge in [0.2, 0.25) is 0 Å². The summed E-state index contributed by atoms with van der Waals surface area (Å²) in [6.45, 7) is 0.141. The molecule has 4 rings (SSSR count). The minimum Gasteiger partial charge on any atom is -0.507 e. The van der Waals surface area contributed by atoms with Gasteiger partial charge in [0.05, 0.1) is 18.7 Å². The van der Waals surface area contributed by atoms with E-state index in [0.717, 1.165) is 5.56 Å². The highest BCUT2D eigenvalue weighted by Crippen LogP contribution is 2.40. The molecule has 0 aromatic heterocycles. The van der Waals surface area contributed by atoms with Crippen LogP contribution in [0.1, 0.15) is 22.7 Å². The first-order chi connectivity index (χ1) is 15.4. The van der Waals surface area contributed by atoms with E-state index in [1.165, 1.54) is 29.2 Å². The van der Waals surface area contributed by atoms with Gasteiger partial charge in [0, 0.05) is 17.1 Å². The molecule has 0 saturated carbocycles. The van der Waals surface area contributed by atoms with Crippen LogP contribution in [-0.2, 0) is 16.1 Å². The van der Waals surface area contributed by atoms with Crippen molar-refractivity contribution in [3.63, 3.8) is 0 Å². The number of ketones is 1. The average molecular weight is 452 g/mol. The Kier molecular flexibility index (Phi) is 5.97. The van der Waals surface area contributed by atoms with Crippen molar-refractivity contribution >= 4 is 29.1 Å². The first-order valence-electron chi connectivity index (χ1n) is 9.82. The van der Waals surface area contributed by atoms with E-state index < -0.39 is 23.5 Å². The number of rotatable bonds is 5. The second-order valence-electron chi connectivity index (χ2n) is 7.33. The molecule has 3 aromatic rings. The molecule has 1 fully saturated rings. The maximum absolute atomic E-state index is 13.4. The zero-order valence-corrected chi connectivity index (χ0v) is 17.8. The van der Waals surface area contributed by atoms with E-state index in [9.17, 15) is 19.1 Å². The minimum absolute atomic E-state index is 0.0579. The maximum atomic E-state index is 13.4. The summed E-state index contributed by atoms with van der Waals surface area (Å²) in [4.78, 5) is 27.4. The molecule has 0 spiro atoms. The summed E-state index contributed by atoms with van der Waals surface area (Å²) in [7, 11) is 1.56. The van der Waals surface area contributed by atoms with Gasteiger partial charge in [-0.25, -0.2) is 4.39 Å². The lowest BCUT2D eigenvalue weighted by atomic mass is 9.95. The number of methoxy groups -OCH3 is 1. The molecule has 32 heavy (non-hydrogen) atoms. The molecule has 5 nitrogen and oxygen atoms in total. The molecular formula is C25H19ClFNO4. The third-order valence-electron chi connectivity index (χ3n) is 5.36. The number of nitrogens with zero attached hydrogens (tertiary/aromatic N) is 1. The largest absolute Gasteiger partial charge is 0.507 e. The van der Waals surface area contributed by atoms with Gasteiger partial charge in [-0.2, -0.15) is 0 Å². The molecule has 0 aliphatic carbocycles. The summed E-state index contributed by atoms with van der Waals surface area (Å²) < 4.78 is 18.5. The summed E-state index contributed by atoms with van der Waals surface area (Å²) in [5.41, 5.74) is 1.59. The van der Waals surface area contributed by atoms with Gasteiger partial charge < -0.3 is 14.7 Å². The lowest BCUT2D eigenvalue weighted by molar-refractivity contribution is -0.140. The van der Waals surface area contributed by atoms with Crippen molar-refractivity contribution in [1.82, 2.24) is 4.90 Å². The molecule has 1 aliphatic heterocycles. The fourth-order valence-electron chi connectivity index (χ4n) is 3.73. The van der Waals surface area contributed by atoms with Gasteiger partial charge in [0.25, 0.3) is 11.7 Å². The number of Topliss-reactive ketones (excluding diaryl/α,β-unsaturated/α-hetero) is 1. The number of likely N-dealkylation sites (tertiary alicyclic amines) is 1. The summed E-state index contributed by atoms with van der Waals surface area (Å²) in [6.07, 6.45) is 0. The monoisotopic (exact) mass is 451 g/mol. The number of aliphatic hydroxyl groups excluding tert-OH is 1. The molecule has 1 saturated heterocycles. The highest BCUT2D eigenvalue weighted by Gasteiger charge is 2.46. The summed E-state index contributed by atoms with van der Waals surface area (Å²) in [6, 6.07) is 18.1. The van der Waals surface area contributed by atoms with Crippen molar-refractivity contribution in [2.24, 2.45) is 0 Å². The van der Waals surface area contributed by atoms with Crippen molar-refractivity contribution in [2.75, 3.05) is 7.11 Å². The van der Waals surface area contributed by atoms with Gasteiger partial charge in [0.1, 0.15) is 17.3 Å². The Morgan fingerprint density at radius 2 is 1.62 bits per heavy atom. The Morgan fingerprint density at radius 3 is 2.22 bits per heavy atom. The molecule has 1 amide bonds. The van der Waals surface area contributed by atoms with Gasteiger partial charge >= 0.3 is 0 Å². The van der Waals surface area contributed by atoms with E-state index in [0.29, 0.717) is 16.3 Å². The number of carbonyl (C=O) groups excluding carboxylic acids is 2. The minimum atomic E-state index is -0.834. The SMILES string of the molecule is COc1ccc(CN2C(=O)C(=O)/C(=C(\O)c3ccc(F)cc3)C2c2ccc(Cl)cc2)cc1. The Morgan fingerprint density at radius 1 is 1.00 bits per heavy atom. The topological polar surface area (TPSA) is 66.8 Å². The predicted molar refractivity (Wildman–Crippen MR) is 119 cm³/mol. The summed E-state index contributed by atoms with van der Waals surface area (Å²) in [5, 5.41) is 11.5. The fraction of sp³-hybridized carbons (Fsp3) is 0.120. The lowest BCUT2D eigenvalue weighted by Crippen LogP contribution is -2.29. The molecule has 1 atom stereocenters. The van der Waals surface area contributed by atoms with Crippen molar-refractivity contribution in [1.29, 1.82) is 0 Å². The first-order valence-corrected chi connectivity index (χ1v) is 10.2. The number of hydrogen-bond donors (Lipinski definition) is 1. The van der Waals surface area contributed by atoms with E-state index >= 15 is 0 Å². The van der Waals surface area contributed by atoms with E-state index in [-0.39, 0.29) is 23.4 Å². The van der Waals surface area contributed by atoms with Crippen LogP contribution in [0.15, 0.2) is 78.4 Å². The van der Waals surface area contributed by atoms with Crippen molar-refractivity contribution in [3.05, 3.63) is 106 Å². The van der Waals surface area contributed by atoms with Crippen molar-refractivity contribution < 1.29 is 23.8 Å². The van der Waals surface area contributed by atoms with Crippen LogP contribution in [0.25, 0.3) is 5.76 Å². The molecule has 3 aromatic carbocycles. The zero-order valence-electron chi connectivity index (χ0n) is 17.1. The molecule has 1 heterocycles. The van der Waals surface area contributed by atoms with Crippen LogP contribution in [0.5, 0.6) is 5.75 Å². The number of carbonyl (C=O) groups is 2. The Hall–Kier alpha value is -3.64. The number of hydrogen-bond acceptors (Lipinski definition) is 4. The van der Waals surface area contributed by atoms with Crippen LogP contribution >= 0.6 is 11.6 Å². The molecule has 1 aliphatic rings. The highest BCUT2D eigenvalue weighted by atomic mass is 35.5. The Balaban J connectivity index is 1.82. The fourth-order valence-corrected chi connectivity index (χ4v) is 3.85. The molecule has 162 valence electrons. The van der Waals surface area contributed by atoms with Crippen LogP contribution in [0, 0.1) is 5.82 Å². The van der Waals surface area contributed by atoms with Crippen LogP contribution in [0.4, 0.5) is 4.39 Å². The molecule has 1 unspecified atom stereocenters. The molecule has 0 radical (unpaired) electrons. The Bertz CT molecular complexity index is 1190. The third-order valence-corrected chi connectivity index (χ3v) is 5.61. The maximum Gasteiger partial charge on any atom is 0.295 e. The van der Waals surface area contributed by atoms with Gasteiger partial charge in [-0.3, -0.25) is 9.59 Å². The van der Waals surface area contributed by atoms with Gasteiger partial charge in [-0.05, 0) is 59.7 Å². The number of amides is 1. The van der Waals surface area contributed by atoms with Crippen LogP contribution in [0.3, 0.4) is 0 Å². The molecular weight excluding hydrogens is 433 g/mol. The van der Waals surface area contributed by atoms with E-state index in [1.807, 2.05) is 0 Å². The second-order valence-corrected chi connectivity index (χ2v) is 7.77. The number of benzene rings is 3. The van der Waals surface area contributed by atoms with Crippen LogP contribution < -0.4 is 4.74 Å². The second kappa shape index (κ2) is 8.85. The van der Waals surface area contributed by atoms with E-state index in [1.54, 1.807) is 55.6 Å². The number of ether oxygens (including phenoxy) is 1. The van der Waals surface area contributed by atoms with Gasteiger partial charge in [-0.15, -0.1) is 0 Å². The normalized spacial score (nSPS) is 17.6. The molecule has 0 bridgehead atoms. The van der Waals surface area contributed by atoms with Crippen molar-refractivity contribution in [2.45, 2.75) is 12.6 Å². The average Bonchev–Trinajstić information content (AvgIpc) is 3.05. The number of aliphatic hydroxyl groups is 1. The van der Waals surface area contributed by atoms with Crippen LogP contribution in [-0.4, -0.2) is 28.8 Å². The number of halogens is 2. The molecule has 7 heteroatoms. The predicted octanol–water partition coefficient (Wildman–Crippen LogP) is 5.11. The Labute approximate surface area is 189 Å². The summed E-state index contributed by atoms with van der Waals surface area (Å²) in [5.74, 6) is -1.71. The van der Waals surface area contributed by atoms with Crippen LogP contribution in [0.2, 0.25) is 5.02 Å². The first kappa shape index (κ1) is 21.6. The quantitative estimate of drug-likeness (QED) is 0.332. The smallest absolute Gasteiger partial charge is 0.295 e. The standard InChI is InChI=1S/C25H19ClFNO4/c1-32-20-12-2-15(3-13-20)14-28-22(16-4-8-18(26)9-5-16)21(24(30)25(28)31)23(29)17-6-10-19(27)11-7-17/h2-13,22,29H,14H2,1H3/b23-21-. The van der Waals surface area contributed by atoms with Gasteiger partial charge in [0.15, 0.2) is 0 Å². The zero-order chi connectivity index (χ0) is 22.8. The van der Waals surface area contributed by atoms with E-state index in [4.69, 9.17) is 16.3 Å². The third kappa shape index (κ3) is 4.09. The van der Waals surface area contributed by atoms with Crippen molar-refractivity contribution in [3.8, 4) is 5.75 Å². The van der Waals surface area contributed by atoms with Gasteiger partial charge in [-0.1, -0.05) is 35.9 Å². The highest BCUT2D eigenvalue weighted by molar-refractivity contribution is 6.46. The van der Waals surface area contributed by atoms with E-state index in [2.05, 4.69) is 0 Å².